The van der Waals surface area contributed by atoms with Crippen LogP contribution in [-0.4, -0.2) is 12.1 Å². The highest BCUT2D eigenvalue weighted by atomic mass is 32.1. The van der Waals surface area contributed by atoms with Gasteiger partial charge >= 0.3 is 0 Å². The fourth-order valence-electron chi connectivity index (χ4n) is 3.13. The summed E-state index contributed by atoms with van der Waals surface area (Å²) in [7, 11) is 0. The predicted octanol–water partition coefficient (Wildman–Crippen LogP) is 3.81. The summed E-state index contributed by atoms with van der Waals surface area (Å²) < 4.78 is 0. The molecule has 2 heteroatoms. The van der Waals surface area contributed by atoms with Crippen LogP contribution in [0.1, 0.15) is 24.1 Å². The second kappa shape index (κ2) is 3.69. The van der Waals surface area contributed by atoms with Gasteiger partial charge in [0.2, 0.25) is 0 Å². The number of fused-ring (bicyclic) bond motifs is 3. The Morgan fingerprint density at radius 1 is 1.18 bits per heavy atom. The minimum absolute atomic E-state index is 0.629. The smallest absolute Gasteiger partial charge is 0.0378 e. The molecule has 2 unspecified atom stereocenters. The SMILES string of the molecule is C1=C(c2scc3ccccc23)CC2CCC1N2. The Bertz CT molecular complexity index is 596. The van der Waals surface area contributed by atoms with Crippen LogP contribution in [0.25, 0.3) is 16.3 Å². The second-order valence-electron chi connectivity index (χ2n) is 5.10. The summed E-state index contributed by atoms with van der Waals surface area (Å²) in [6, 6.07) is 10.1. The monoisotopic (exact) mass is 241 g/mol. The Kier molecular flexibility index (Phi) is 2.14. The lowest BCUT2D eigenvalue weighted by molar-refractivity contribution is 0.576. The van der Waals surface area contributed by atoms with Crippen LogP contribution in [0.3, 0.4) is 0 Å². The fourth-order valence-corrected chi connectivity index (χ4v) is 4.19. The number of nitrogens with one attached hydrogen (secondary N) is 1. The van der Waals surface area contributed by atoms with Crippen molar-refractivity contribution in [3.8, 4) is 0 Å². The lowest BCUT2D eigenvalue weighted by Gasteiger charge is -2.20. The van der Waals surface area contributed by atoms with Gasteiger partial charge in [-0.1, -0.05) is 30.3 Å². The first-order chi connectivity index (χ1) is 8.40. The predicted molar refractivity (Wildman–Crippen MR) is 74.4 cm³/mol. The number of thiophene rings is 1. The van der Waals surface area contributed by atoms with E-state index < -0.39 is 0 Å². The molecule has 1 saturated heterocycles. The molecule has 2 atom stereocenters. The van der Waals surface area contributed by atoms with E-state index in [0.717, 1.165) is 6.04 Å². The third-order valence-electron chi connectivity index (χ3n) is 3.95. The molecular formula is C15H15NS. The van der Waals surface area contributed by atoms with Crippen molar-refractivity contribution in [2.24, 2.45) is 0 Å². The molecule has 0 saturated carbocycles. The van der Waals surface area contributed by atoms with Gasteiger partial charge in [-0.2, -0.15) is 0 Å². The highest BCUT2D eigenvalue weighted by molar-refractivity contribution is 7.12. The maximum Gasteiger partial charge on any atom is 0.0378 e. The number of benzene rings is 1. The summed E-state index contributed by atoms with van der Waals surface area (Å²) in [6.45, 7) is 0. The van der Waals surface area contributed by atoms with Gasteiger partial charge in [0.05, 0.1) is 0 Å². The van der Waals surface area contributed by atoms with E-state index in [1.165, 1.54) is 34.9 Å². The Labute approximate surface area is 105 Å². The molecule has 17 heavy (non-hydrogen) atoms. The van der Waals surface area contributed by atoms with Gasteiger partial charge in [-0.05, 0) is 41.0 Å². The van der Waals surface area contributed by atoms with Gasteiger partial charge in [0.1, 0.15) is 0 Å². The van der Waals surface area contributed by atoms with E-state index in [4.69, 9.17) is 0 Å². The van der Waals surface area contributed by atoms with E-state index >= 15 is 0 Å². The molecule has 0 aliphatic carbocycles. The summed E-state index contributed by atoms with van der Waals surface area (Å²) in [5.41, 5.74) is 1.57. The molecule has 1 fully saturated rings. The largest absolute Gasteiger partial charge is 0.307 e. The second-order valence-corrected chi connectivity index (χ2v) is 5.98. The fraction of sp³-hybridized carbons (Fsp3) is 0.333. The van der Waals surface area contributed by atoms with Gasteiger partial charge in [0.15, 0.2) is 0 Å². The molecule has 1 aromatic carbocycles. The van der Waals surface area contributed by atoms with Gasteiger partial charge in [0, 0.05) is 17.0 Å². The molecule has 86 valence electrons. The van der Waals surface area contributed by atoms with Crippen LogP contribution in [0, 0.1) is 0 Å². The van der Waals surface area contributed by atoms with Crippen molar-refractivity contribution in [3.63, 3.8) is 0 Å². The Balaban J connectivity index is 1.84. The highest BCUT2D eigenvalue weighted by Gasteiger charge is 2.29. The van der Waals surface area contributed by atoms with E-state index in [-0.39, 0.29) is 0 Å². The van der Waals surface area contributed by atoms with Crippen molar-refractivity contribution in [3.05, 3.63) is 40.6 Å². The lowest BCUT2D eigenvalue weighted by atomic mass is 9.99. The molecule has 4 rings (SSSR count). The average molecular weight is 241 g/mol. The summed E-state index contributed by atoms with van der Waals surface area (Å²) in [4.78, 5) is 1.50. The normalized spacial score (nSPS) is 27.4. The molecule has 0 radical (unpaired) electrons. The maximum absolute atomic E-state index is 3.66. The van der Waals surface area contributed by atoms with Crippen molar-refractivity contribution < 1.29 is 0 Å². The van der Waals surface area contributed by atoms with Crippen molar-refractivity contribution in [1.29, 1.82) is 0 Å². The summed E-state index contributed by atoms with van der Waals surface area (Å²) in [5.74, 6) is 0. The van der Waals surface area contributed by atoms with Crippen LogP contribution in [0.15, 0.2) is 35.7 Å². The number of hydrogen-bond acceptors (Lipinski definition) is 2. The third kappa shape index (κ3) is 1.55. The summed E-state index contributed by atoms with van der Waals surface area (Å²) >= 11 is 1.91. The van der Waals surface area contributed by atoms with Crippen LogP contribution in [-0.2, 0) is 0 Å². The molecule has 2 aliphatic heterocycles. The first-order valence-corrected chi connectivity index (χ1v) is 7.21. The Hall–Kier alpha value is -1.12. The third-order valence-corrected chi connectivity index (χ3v) is 5.03. The quantitative estimate of drug-likeness (QED) is 0.800. The molecular weight excluding hydrogens is 226 g/mol. The van der Waals surface area contributed by atoms with Crippen LogP contribution in [0.4, 0.5) is 0 Å². The topological polar surface area (TPSA) is 12.0 Å². The molecule has 1 aromatic heterocycles. The molecule has 1 N–H and O–H groups in total. The first kappa shape index (κ1) is 9.86. The Morgan fingerprint density at radius 2 is 2.12 bits per heavy atom. The van der Waals surface area contributed by atoms with E-state index in [1.54, 1.807) is 5.57 Å². The zero-order valence-corrected chi connectivity index (χ0v) is 10.5. The van der Waals surface area contributed by atoms with Gasteiger partial charge in [-0.25, -0.2) is 0 Å². The zero-order valence-electron chi connectivity index (χ0n) is 9.65. The molecule has 2 bridgehead atoms. The Morgan fingerprint density at radius 3 is 3.06 bits per heavy atom. The van der Waals surface area contributed by atoms with E-state index in [2.05, 4.69) is 41.0 Å². The highest BCUT2D eigenvalue weighted by Crippen LogP contribution is 2.38. The molecule has 2 aliphatic rings. The van der Waals surface area contributed by atoms with Crippen molar-refractivity contribution in [2.75, 3.05) is 0 Å². The van der Waals surface area contributed by atoms with Crippen LogP contribution >= 0.6 is 11.3 Å². The zero-order chi connectivity index (χ0) is 11.2. The molecule has 0 spiro atoms. The standard InChI is InChI=1S/C15H15NS/c1-2-4-14-10(3-1)9-17-15(14)11-7-12-5-6-13(8-11)16-12/h1-4,7,9,12-13,16H,5-6,8H2. The number of rotatable bonds is 1. The van der Waals surface area contributed by atoms with Gasteiger partial charge in [-0.15, -0.1) is 11.3 Å². The van der Waals surface area contributed by atoms with Gasteiger partial charge in [-0.3, -0.25) is 0 Å². The van der Waals surface area contributed by atoms with Gasteiger partial charge in [0.25, 0.3) is 0 Å². The maximum atomic E-state index is 3.66. The summed E-state index contributed by atoms with van der Waals surface area (Å²) in [5, 5.41) is 8.77. The minimum Gasteiger partial charge on any atom is -0.307 e. The number of hydrogen-bond donors (Lipinski definition) is 1. The minimum atomic E-state index is 0.629. The van der Waals surface area contributed by atoms with Crippen LogP contribution in [0.2, 0.25) is 0 Å². The molecule has 0 amide bonds. The summed E-state index contributed by atoms with van der Waals surface area (Å²) in [6.07, 6.45) is 6.33. The molecule has 2 aromatic rings. The van der Waals surface area contributed by atoms with E-state index in [1.807, 2.05) is 11.3 Å². The van der Waals surface area contributed by atoms with Crippen molar-refractivity contribution in [2.45, 2.75) is 31.3 Å². The molecule has 1 nitrogen and oxygen atoms in total. The van der Waals surface area contributed by atoms with E-state index in [0.29, 0.717) is 6.04 Å². The van der Waals surface area contributed by atoms with Crippen LogP contribution in [0.5, 0.6) is 0 Å². The van der Waals surface area contributed by atoms with Crippen LogP contribution < -0.4 is 5.32 Å². The first-order valence-electron chi connectivity index (χ1n) is 6.33. The average Bonchev–Trinajstić information content (AvgIpc) is 2.93. The van der Waals surface area contributed by atoms with Crippen molar-refractivity contribution in [1.82, 2.24) is 5.32 Å². The van der Waals surface area contributed by atoms with Gasteiger partial charge < -0.3 is 5.32 Å². The molecule has 3 heterocycles. The van der Waals surface area contributed by atoms with Crippen molar-refractivity contribution >= 4 is 27.7 Å². The lowest BCUT2D eigenvalue weighted by Crippen LogP contribution is -2.31. The van der Waals surface area contributed by atoms with E-state index in [9.17, 15) is 0 Å².